The molecule has 2 aromatic rings. The highest BCUT2D eigenvalue weighted by atomic mass is 32.2. The van der Waals surface area contributed by atoms with Gasteiger partial charge in [-0.05, 0) is 30.4 Å². The first-order chi connectivity index (χ1) is 7.88. The van der Waals surface area contributed by atoms with Gasteiger partial charge < -0.3 is 4.98 Å². The van der Waals surface area contributed by atoms with Crippen molar-refractivity contribution in [3.63, 3.8) is 0 Å². The second-order valence-electron chi connectivity index (χ2n) is 3.61. The van der Waals surface area contributed by atoms with Crippen molar-refractivity contribution < 1.29 is 8.42 Å². The fraction of sp³-hybridized carbons (Fsp3) is 0.222. The summed E-state index contributed by atoms with van der Waals surface area (Å²) >= 11 is 6.44. The predicted octanol–water partition coefficient (Wildman–Crippen LogP) is 2.18. The summed E-state index contributed by atoms with van der Waals surface area (Å²) in [5, 5.41) is 0. The molecule has 1 aromatic carbocycles. The summed E-state index contributed by atoms with van der Waals surface area (Å²) in [5.74, 6) is 0. The second-order valence-corrected chi connectivity index (χ2v) is 7.22. The molecule has 0 bridgehead atoms. The fourth-order valence-electron chi connectivity index (χ4n) is 1.25. The Labute approximate surface area is 108 Å². The predicted molar refractivity (Wildman–Crippen MR) is 73.2 cm³/mol. The van der Waals surface area contributed by atoms with Gasteiger partial charge in [0.15, 0.2) is 3.95 Å². The molecule has 0 atom stereocenters. The van der Waals surface area contributed by atoms with Crippen LogP contribution in [-0.4, -0.2) is 31.8 Å². The third-order valence-electron chi connectivity index (χ3n) is 2.15. The van der Waals surface area contributed by atoms with Crippen molar-refractivity contribution >= 4 is 49.7 Å². The van der Waals surface area contributed by atoms with Crippen LogP contribution in [0.15, 0.2) is 18.2 Å². The number of anilines is 1. The van der Waals surface area contributed by atoms with Gasteiger partial charge in [-0.3, -0.25) is 4.72 Å². The van der Waals surface area contributed by atoms with Gasteiger partial charge >= 0.3 is 10.2 Å². The first kappa shape index (κ1) is 12.5. The summed E-state index contributed by atoms with van der Waals surface area (Å²) in [6, 6.07) is 5.25. The maximum Gasteiger partial charge on any atom is 0.301 e. The van der Waals surface area contributed by atoms with Gasteiger partial charge in [-0.25, -0.2) is 0 Å². The Morgan fingerprint density at radius 1 is 1.41 bits per heavy atom. The molecule has 0 amide bonds. The van der Waals surface area contributed by atoms with E-state index in [-0.39, 0.29) is 0 Å². The minimum Gasteiger partial charge on any atom is -0.337 e. The van der Waals surface area contributed by atoms with Gasteiger partial charge in [0, 0.05) is 14.1 Å². The Bertz CT molecular complexity index is 700. The Morgan fingerprint density at radius 3 is 2.76 bits per heavy atom. The Balaban J connectivity index is 2.41. The Kier molecular flexibility index (Phi) is 3.21. The van der Waals surface area contributed by atoms with Crippen LogP contribution in [0.2, 0.25) is 0 Å². The molecule has 8 heteroatoms. The van der Waals surface area contributed by atoms with Crippen LogP contribution in [0.4, 0.5) is 5.69 Å². The number of fused-ring (bicyclic) bond motifs is 1. The monoisotopic (exact) mass is 289 g/mol. The molecule has 0 aliphatic heterocycles. The third kappa shape index (κ3) is 2.65. The molecule has 17 heavy (non-hydrogen) atoms. The average Bonchev–Trinajstić information content (AvgIpc) is 2.56. The van der Waals surface area contributed by atoms with E-state index in [4.69, 9.17) is 12.2 Å². The number of thiazole rings is 1. The molecule has 2 N–H and O–H groups in total. The number of aromatic nitrogens is 1. The number of aromatic amines is 1. The highest BCUT2D eigenvalue weighted by Gasteiger charge is 2.13. The number of hydrogen-bond donors (Lipinski definition) is 2. The van der Waals surface area contributed by atoms with Gasteiger partial charge in [0.25, 0.3) is 0 Å². The largest absolute Gasteiger partial charge is 0.337 e. The van der Waals surface area contributed by atoms with E-state index >= 15 is 0 Å². The maximum absolute atomic E-state index is 11.6. The van der Waals surface area contributed by atoms with Crippen LogP contribution in [-0.2, 0) is 10.2 Å². The fourth-order valence-corrected chi connectivity index (χ4v) is 3.01. The molecule has 0 saturated carbocycles. The molecule has 0 aliphatic rings. The van der Waals surface area contributed by atoms with E-state index in [1.165, 1.54) is 25.4 Å². The van der Waals surface area contributed by atoms with Gasteiger partial charge in [-0.1, -0.05) is 0 Å². The summed E-state index contributed by atoms with van der Waals surface area (Å²) < 4.78 is 28.5. The molecule has 5 nitrogen and oxygen atoms in total. The molecule has 0 aliphatic carbocycles. The summed E-state index contributed by atoms with van der Waals surface area (Å²) in [6.45, 7) is 0. The minimum absolute atomic E-state index is 0.524. The van der Waals surface area contributed by atoms with Gasteiger partial charge in [0.05, 0.1) is 15.9 Å². The lowest BCUT2D eigenvalue weighted by molar-refractivity contribution is 0.527. The number of benzene rings is 1. The first-order valence-electron chi connectivity index (χ1n) is 4.71. The van der Waals surface area contributed by atoms with Crippen LogP contribution in [0, 0.1) is 3.95 Å². The zero-order valence-electron chi connectivity index (χ0n) is 9.22. The van der Waals surface area contributed by atoms with Crippen molar-refractivity contribution in [2.45, 2.75) is 0 Å². The molecule has 0 spiro atoms. The van der Waals surface area contributed by atoms with Crippen molar-refractivity contribution in [1.29, 1.82) is 0 Å². The lowest BCUT2D eigenvalue weighted by atomic mass is 10.3. The van der Waals surface area contributed by atoms with Gasteiger partial charge in [-0.15, -0.1) is 11.3 Å². The summed E-state index contributed by atoms with van der Waals surface area (Å²) in [5.41, 5.74) is 1.43. The van der Waals surface area contributed by atoms with Crippen molar-refractivity contribution in [2.75, 3.05) is 18.8 Å². The normalized spacial score (nSPS) is 12.2. The summed E-state index contributed by atoms with van der Waals surface area (Å²) in [4.78, 5) is 3.02. The highest BCUT2D eigenvalue weighted by molar-refractivity contribution is 7.90. The molecule has 0 fully saturated rings. The Morgan fingerprint density at radius 2 is 2.12 bits per heavy atom. The quantitative estimate of drug-likeness (QED) is 0.851. The number of nitrogens with one attached hydrogen (secondary N) is 2. The lowest BCUT2D eigenvalue weighted by Gasteiger charge is -2.13. The van der Waals surface area contributed by atoms with Crippen molar-refractivity contribution in [3.8, 4) is 0 Å². The number of hydrogen-bond acceptors (Lipinski definition) is 4. The second kappa shape index (κ2) is 4.37. The molecular weight excluding hydrogens is 278 g/mol. The molecular formula is C9H11N3O2S3. The van der Waals surface area contributed by atoms with Crippen LogP contribution < -0.4 is 4.72 Å². The third-order valence-corrected chi connectivity index (χ3v) is 4.80. The average molecular weight is 289 g/mol. The smallest absolute Gasteiger partial charge is 0.301 e. The highest BCUT2D eigenvalue weighted by Crippen LogP contribution is 2.23. The maximum atomic E-state index is 11.6. The Hall–Kier alpha value is -0.960. The van der Waals surface area contributed by atoms with Crippen molar-refractivity contribution in [3.05, 3.63) is 22.2 Å². The van der Waals surface area contributed by atoms with Crippen LogP contribution in [0.3, 0.4) is 0 Å². The number of nitrogens with zero attached hydrogens (tertiary/aromatic N) is 1. The van der Waals surface area contributed by atoms with E-state index in [1.54, 1.807) is 18.2 Å². The van der Waals surface area contributed by atoms with Crippen molar-refractivity contribution in [1.82, 2.24) is 9.29 Å². The lowest BCUT2D eigenvalue weighted by Crippen LogP contribution is -2.28. The van der Waals surface area contributed by atoms with Crippen LogP contribution >= 0.6 is 23.6 Å². The topological polar surface area (TPSA) is 65.2 Å². The summed E-state index contributed by atoms with van der Waals surface area (Å²) in [6.07, 6.45) is 0. The van der Waals surface area contributed by atoms with Crippen LogP contribution in [0.5, 0.6) is 0 Å². The van der Waals surface area contributed by atoms with E-state index in [9.17, 15) is 8.42 Å². The molecule has 2 rings (SSSR count). The molecule has 0 saturated heterocycles. The van der Waals surface area contributed by atoms with E-state index in [0.717, 1.165) is 14.5 Å². The molecule has 92 valence electrons. The van der Waals surface area contributed by atoms with E-state index in [2.05, 4.69) is 9.71 Å². The summed E-state index contributed by atoms with van der Waals surface area (Å²) in [7, 11) is -0.515. The SMILES string of the molecule is CN(C)S(=O)(=O)Nc1ccc2[nH]c(=S)sc2c1. The minimum atomic E-state index is -3.46. The molecule has 0 radical (unpaired) electrons. The van der Waals surface area contributed by atoms with Crippen LogP contribution in [0.1, 0.15) is 0 Å². The van der Waals surface area contributed by atoms with E-state index in [1.807, 2.05) is 0 Å². The van der Waals surface area contributed by atoms with E-state index in [0.29, 0.717) is 9.64 Å². The molecule has 1 aromatic heterocycles. The molecule has 0 unspecified atom stereocenters. The molecule has 1 heterocycles. The zero-order valence-corrected chi connectivity index (χ0v) is 11.7. The van der Waals surface area contributed by atoms with Gasteiger partial charge in [-0.2, -0.15) is 12.7 Å². The van der Waals surface area contributed by atoms with Crippen molar-refractivity contribution in [2.24, 2.45) is 0 Å². The number of H-pyrrole nitrogens is 1. The first-order valence-corrected chi connectivity index (χ1v) is 7.38. The van der Waals surface area contributed by atoms with Gasteiger partial charge in [0.2, 0.25) is 0 Å². The standard InChI is InChI=1S/C9H11N3O2S3/c1-12(2)17(13,14)11-6-3-4-7-8(5-6)16-9(15)10-7/h3-5,11H,1-2H3,(H,10,15). The zero-order chi connectivity index (χ0) is 12.6. The van der Waals surface area contributed by atoms with Crippen LogP contribution in [0.25, 0.3) is 10.2 Å². The number of rotatable bonds is 3. The van der Waals surface area contributed by atoms with Gasteiger partial charge in [0.1, 0.15) is 0 Å². The van der Waals surface area contributed by atoms with E-state index < -0.39 is 10.2 Å².